The van der Waals surface area contributed by atoms with Gasteiger partial charge in [0.1, 0.15) is 4.34 Å². The average Bonchev–Trinajstić information content (AvgIpc) is 2.17. The maximum Gasteiger partial charge on any atom is 0.114 e. The Hall–Kier alpha value is 0.0400. The molecule has 0 aliphatic rings. The van der Waals surface area contributed by atoms with Gasteiger partial charge < -0.3 is 9.90 Å². The van der Waals surface area contributed by atoms with Gasteiger partial charge in [0.05, 0.1) is 20.9 Å². The smallest absolute Gasteiger partial charge is 0.114 e. The third-order valence-electron chi connectivity index (χ3n) is 0.942. The summed E-state index contributed by atoms with van der Waals surface area (Å²) in [7, 11) is 0. The summed E-state index contributed by atoms with van der Waals surface area (Å²) in [6.45, 7) is 0. The number of carboxylic acid groups (broad SMARTS) is 1. The number of halogens is 3. The van der Waals surface area contributed by atoms with Gasteiger partial charge in [-0.1, -0.05) is 34.8 Å². The fourth-order valence-electron chi connectivity index (χ4n) is 0.496. The van der Waals surface area contributed by atoms with Gasteiger partial charge in [0.2, 0.25) is 0 Å². The predicted molar refractivity (Wildman–Crippen MR) is 43.7 cm³/mol. The monoisotopic (exact) mass is 229 g/mol. The van der Waals surface area contributed by atoms with Crippen LogP contribution in [0.2, 0.25) is 14.4 Å². The van der Waals surface area contributed by atoms with E-state index in [1.54, 1.807) is 0 Å². The van der Waals surface area contributed by atoms with Crippen LogP contribution in [-0.2, 0) is 0 Å². The van der Waals surface area contributed by atoms with Gasteiger partial charge in [0, 0.05) is 0 Å². The van der Waals surface area contributed by atoms with Crippen molar-refractivity contribution < 1.29 is 9.90 Å². The summed E-state index contributed by atoms with van der Waals surface area (Å²) in [4.78, 5) is 10.1. The Morgan fingerprint density at radius 2 is 1.82 bits per heavy atom. The van der Waals surface area contributed by atoms with Crippen LogP contribution in [0.1, 0.15) is 9.67 Å². The first kappa shape index (κ1) is 9.13. The summed E-state index contributed by atoms with van der Waals surface area (Å²) in [5.74, 6) is -1.37. The molecule has 1 heterocycles. The Balaban J connectivity index is 3.29. The minimum atomic E-state index is -1.37. The van der Waals surface area contributed by atoms with Crippen molar-refractivity contribution in [2.24, 2.45) is 0 Å². The van der Waals surface area contributed by atoms with Crippen molar-refractivity contribution in [2.45, 2.75) is 0 Å². The van der Waals surface area contributed by atoms with Crippen LogP contribution in [0.25, 0.3) is 0 Å². The van der Waals surface area contributed by atoms with E-state index in [0.29, 0.717) is 0 Å². The molecule has 0 amide bonds. The topological polar surface area (TPSA) is 40.1 Å². The van der Waals surface area contributed by atoms with Crippen molar-refractivity contribution in [3.05, 3.63) is 19.3 Å². The summed E-state index contributed by atoms with van der Waals surface area (Å²) in [5, 5.41) is 10.3. The number of hydrogen-bond donors (Lipinski definition) is 0. The van der Waals surface area contributed by atoms with Crippen LogP contribution in [0.15, 0.2) is 0 Å². The maximum absolute atomic E-state index is 10.3. The molecule has 0 aromatic carbocycles. The van der Waals surface area contributed by atoms with Gasteiger partial charge in [-0.2, -0.15) is 0 Å². The van der Waals surface area contributed by atoms with E-state index in [9.17, 15) is 9.90 Å². The summed E-state index contributed by atoms with van der Waals surface area (Å²) < 4.78 is 0.163. The molecule has 0 N–H and O–H groups in total. The Kier molecular flexibility index (Phi) is 2.65. The van der Waals surface area contributed by atoms with Gasteiger partial charge in [0.15, 0.2) is 0 Å². The molecule has 0 spiro atoms. The summed E-state index contributed by atoms with van der Waals surface area (Å²) in [5.41, 5.74) is 0. The van der Waals surface area contributed by atoms with E-state index in [0.717, 1.165) is 11.3 Å². The van der Waals surface area contributed by atoms with Gasteiger partial charge in [-0.05, 0) is 0 Å². The lowest BCUT2D eigenvalue weighted by Gasteiger charge is -1.95. The first-order valence-electron chi connectivity index (χ1n) is 2.38. The van der Waals surface area contributed by atoms with Gasteiger partial charge in [-0.25, -0.2) is 0 Å². The minimum Gasteiger partial charge on any atom is -0.544 e. The summed E-state index contributed by atoms with van der Waals surface area (Å²) in [6, 6.07) is 0. The molecule has 0 radical (unpaired) electrons. The molecule has 0 aliphatic heterocycles. The number of carbonyl (C=O) groups is 1. The zero-order valence-corrected chi connectivity index (χ0v) is 7.94. The third-order valence-corrected chi connectivity index (χ3v) is 3.49. The number of hydrogen-bond acceptors (Lipinski definition) is 3. The largest absolute Gasteiger partial charge is 0.544 e. The minimum absolute atomic E-state index is 0.0540. The molecule has 6 heteroatoms. The second kappa shape index (κ2) is 3.19. The molecule has 2 nitrogen and oxygen atoms in total. The molecule has 0 saturated heterocycles. The molecule has 0 saturated carbocycles. The van der Waals surface area contributed by atoms with Gasteiger partial charge in [-0.3, -0.25) is 0 Å². The summed E-state index contributed by atoms with van der Waals surface area (Å²) in [6.07, 6.45) is 0. The molecule has 0 unspecified atom stereocenters. The quantitative estimate of drug-likeness (QED) is 0.741. The van der Waals surface area contributed by atoms with Crippen molar-refractivity contribution in [3.8, 4) is 0 Å². The Labute approximate surface area is 81.3 Å². The van der Waals surface area contributed by atoms with Crippen LogP contribution in [-0.4, -0.2) is 5.97 Å². The molecular formula is C5Cl3O2S-. The number of carbonyl (C=O) groups excluding carboxylic acids is 1. The van der Waals surface area contributed by atoms with Crippen molar-refractivity contribution in [1.82, 2.24) is 0 Å². The van der Waals surface area contributed by atoms with E-state index in [-0.39, 0.29) is 19.3 Å². The van der Waals surface area contributed by atoms with Crippen LogP contribution in [0.3, 0.4) is 0 Å². The maximum atomic E-state index is 10.3. The molecule has 0 bridgehead atoms. The van der Waals surface area contributed by atoms with Crippen LogP contribution in [0.5, 0.6) is 0 Å². The lowest BCUT2D eigenvalue weighted by molar-refractivity contribution is -0.254. The first-order chi connectivity index (χ1) is 5.04. The van der Waals surface area contributed by atoms with Crippen molar-refractivity contribution in [2.75, 3.05) is 0 Å². The number of carboxylic acids is 1. The van der Waals surface area contributed by atoms with Crippen LogP contribution < -0.4 is 5.11 Å². The Morgan fingerprint density at radius 3 is 2.00 bits per heavy atom. The van der Waals surface area contributed by atoms with E-state index in [1.807, 2.05) is 0 Å². The number of rotatable bonds is 1. The molecule has 1 rings (SSSR count). The highest BCUT2D eigenvalue weighted by Gasteiger charge is 2.13. The highest BCUT2D eigenvalue weighted by Crippen LogP contribution is 2.39. The van der Waals surface area contributed by atoms with Crippen LogP contribution >= 0.6 is 46.1 Å². The fraction of sp³-hybridized carbons (Fsp3) is 0. The standard InChI is InChI=1S/C5HCl3O2S/c6-1-2(7)4(8)11-3(1)5(9)10/h(H,9,10)/p-1. The summed E-state index contributed by atoms with van der Waals surface area (Å²) >= 11 is 17.3. The van der Waals surface area contributed by atoms with Crippen molar-refractivity contribution in [3.63, 3.8) is 0 Å². The second-order valence-corrected chi connectivity index (χ2v) is 4.00. The highest BCUT2D eigenvalue weighted by molar-refractivity contribution is 7.19. The predicted octanol–water partition coefficient (Wildman–Crippen LogP) is 2.07. The van der Waals surface area contributed by atoms with E-state index >= 15 is 0 Å². The molecule has 60 valence electrons. The molecular weight excluding hydrogens is 230 g/mol. The van der Waals surface area contributed by atoms with E-state index in [1.165, 1.54) is 0 Å². The first-order valence-corrected chi connectivity index (χ1v) is 4.33. The van der Waals surface area contributed by atoms with E-state index < -0.39 is 5.97 Å². The molecule has 0 atom stereocenters. The molecule has 1 aromatic heterocycles. The lowest BCUT2D eigenvalue weighted by Crippen LogP contribution is -2.21. The third kappa shape index (κ3) is 1.62. The normalized spacial score (nSPS) is 10.1. The molecule has 1 aromatic rings. The molecule has 0 fully saturated rings. The average molecular weight is 230 g/mol. The van der Waals surface area contributed by atoms with Gasteiger partial charge in [0.25, 0.3) is 0 Å². The SMILES string of the molecule is O=C([O-])c1sc(Cl)c(Cl)c1Cl. The Bertz CT molecular complexity index is 307. The van der Waals surface area contributed by atoms with Crippen molar-refractivity contribution >= 4 is 52.1 Å². The van der Waals surface area contributed by atoms with Crippen molar-refractivity contribution in [1.29, 1.82) is 0 Å². The zero-order valence-electron chi connectivity index (χ0n) is 4.86. The van der Waals surface area contributed by atoms with E-state index in [2.05, 4.69) is 0 Å². The van der Waals surface area contributed by atoms with Crippen LogP contribution in [0, 0.1) is 0 Å². The fourth-order valence-corrected chi connectivity index (χ4v) is 2.13. The van der Waals surface area contributed by atoms with Gasteiger partial charge in [-0.15, -0.1) is 11.3 Å². The number of thiophene rings is 1. The zero-order chi connectivity index (χ0) is 8.59. The van der Waals surface area contributed by atoms with Gasteiger partial charge >= 0.3 is 0 Å². The number of aromatic carboxylic acids is 1. The Morgan fingerprint density at radius 1 is 1.27 bits per heavy atom. The molecule has 0 aliphatic carbocycles. The lowest BCUT2D eigenvalue weighted by atomic mass is 10.5. The highest BCUT2D eigenvalue weighted by atomic mass is 35.5. The second-order valence-electron chi connectivity index (χ2n) is 1.62. The van der Waals surface area contributed by atoms with E-state index in [4.69, 9.17) is 34.8 Å². The molecule has 11 heavy (non-hydrogen) atoms. The van der Waals surface area contributed by atoms with Crippen LogP contribution in [0.4, 0.5) is 0 Å².